The molecule has 0 aromatic heterocycles. The summed E-state index contributed by atoms with van der Waals surface area (Å²) in [5, 5.41) is 1.25. The maximum atomic E-state index is 12.6. The van der Waals surface area contributed by atoms with Gasteiger partial charge >= 0.3 is 0 Å². The van der Waals surface area contributed by atoms with E-state index in [-0.39, 0.29) is 29.8 Å². The van der Waals surface area contributed by atoms with E-state index in [1.807, 2.05) is 23.9 Å². The van der Waals surface area contributed by atoms with Gasteiger partial charge < -0.3 is 24.0 Å². The maximum Gasteiger partial charge on any atom is 0.242 e. The third kappa shape index (κ3) is 2.48. The third-order valence-corrected chi connectivity index (χ3v) is 3.31. The predicted molar refractivity (Wildman–Crippen MR) is 54.0 cm³/mol. The van der Waals surface area contributed by atoms with Crippen LogP contribution in [-0.2, 0) is 0 Å². The van der Waals surface area contributed by atoms with Gasteiger partial charge in [0.2, 0.25) is 5.04 Å². The summed E-state index contributed by atoms with van der Waals surface area (Å²) in [6, 6.07) is 6.68. The molecule has 76 valence electrons. The van der Waals surface area contributed by atoms with Crippen LogP contribution in [0.1, 0.15) is 5.56 Å². The molecule has 0 fully saturated rings. The minimum atomic E-state index is -0.171. The summed E-state index contributed by atoms with van der Waals surface area (Å²) in [4.78, 5) is 0. The molecule has 1 heterocycles. The molecule has 1 aromatic carbocycles. The number of hydrogen-bond acceptors (Lipinski definition) is 1. The standard InChI is InChI=1S/C10H11FNS.HI/c1-12-6-7-13-10(12)8-2-4-9(11)5-3-8;/h2-5H,6-7H2,1H3;1H/q+1;/p-1. The van der Waals surface area contributed by atoms with E-state index in [1.54, 1.807) is 0 Å². The van der Waals surface area contributed by atoms with Crippen molar-refractivity contribution >= 4 is 16.8 Å². The van der Waals surface area contributed by atoms with Crippen molar-refractivity contribution in [2.45, 2.75) is 0 Å². The number of hydrogen-bond donors (Lipinski definition) is 0. The molecule has 0 saturated heterocycles. The Bertz CT molecular complexity index is 348. The van der Waals surface area contributed by atoms with Crippen LogP contribution >= 0.6 is 11.8 Å². The van der Waals surface area contributed by atoms with Gasteiger partial charge in [-0.05, 0) is 24.3 Å². The average Bonchev–Trinajstić information content (AvgIpc) is 2.53. The second-order valence-corrected chi connectivity index (χ2v) is 4.17. The summed E-state index contributed by atoms with van der Waals surface area (Å²) in [7, 11) is 2.07. The van der Waals surface area contributed by atoms with Crippen LogP contribution in [0.25, 0.3) is 0 Å². The first kappa shape index (κ1) is 12.0. The lowest BCUT2D eigenvalue weighted by Gasteiger charge is -1.96. The largest absolute Gasteiger partial charge is 1.00 e. The van der Waals surface area contributed by atoms with Crippen LogP contribution in [0.2, 0.25) is 0 Å². The summed E-state index contributed by atoms with van der Waals surface area (Å²) in [5.74, 6) is 0.957. The Morgan fingerprint density at radius 3 is 2.43 bits per heavy atom. The van der Waals surface area contributed by atoms with Gasteiger partial charge in [0.25, 0.3) is 0 Å². The van der Waals surface area contributed by atoms with Crippen LogP contribution in [0, 0.1) is 5.82 Å². The fourth-order valence-electron chi connectivity index (χ4n) is 1.39. The highest BCUT2D eigenvalue weighted by molar-refractivity contribution is 8.14. The molecule has 0 N–H and O–H groups in total. The molecular formula is C10H11FINS. The molecule has 0 aliphatic carbocycles. The maximum absolute atomic E-state index is 12.6. The van der Waals surface area contributed by atoms with Crippen molar-refractivity contribution in [2.75, 3.05) is 19.3 Å². The normalized spacial score (nSPS) is 15.6. The molecule has 2 rings (SSSR count). The van der Waals surface area contributed by atoms with E-state index in [0.29, 0.717) is 0 Å². The molecule has 0 saturated carbocycles. The molecule has 0 unspecified atom stereocenters. The van der Waals surface area contributed by atoms with Crippen molar-refractivity contribution in [3.05, 3.63) is 35.6 Å². The Morgan fingerprint density at radius 1 is 1.29 bits per heavy atom. The molecule has 0 amide bonds. The molecular weight excluding hydrogens is 312 g/mol. The van der Waals surface area contributed by atoms with Crippen molar-refractivity contribution in [2.24, 2.45) is 0 Å². The summed E-state index contributed by atoms with van der Waals surface area (Å²) in [6.07, 6.45) is 0. The van der Waals surface area contributed by atoms with Crippen molar-refractivity contribution < 1.29 is 32.9 Å². The summed E-state index contributed by atoms with van der Waals surface area (Å²) in [6.45, 7) is 1.08. The Balaban J connectivity index is 0.000000980. The summed E-state index contributed by atoms with van der Waals surface area (Å²) >= 11 is 1.83. The van der Waals surface area contributed by atoms with Crippen molar-refractivity contribution in [1.29, 1.82) is 0 Å². The van der Waals surface area contributed by atoms with Crippen LogP contribution in [0.4, 0.5) is 4.39 Å². The van der Waals surface area contributed by atoms with E-state index in [9.17, 15) is 4.39 Å². The zero-order chi connectivity index (χ0) is 9.26. The van der Waals surface area contributed by atoms with E-state index in [1.165, 1.54) is 17.2 Å². The van der Waals surface area contributed by atoms with Crippen molar-refractivity contribution in [3.8, 4) is 0 Å². The van der Waals surface area contributed by atoms with Crippen LogP contribution in [0.15, 0.2) is 24.3 Å². The van der Waals surface area contributed by atoms with Gasteiger partial charge in [0.05, 0.1) is 11.3 Å². The minimum absolute atomic E-state index is 0. The third-order valence-electron chi connectivity index (χ3n) is 2.10. The monoisotopic (exact) mass is 323 g/mol. The highest BCUT2D eigenvalue weighted by atomic mass is 127. The molecule has 1 nitrogen and oxygen atoms in total. The molecule has 0 spiro atoms. The van der Waals surface area contributed by atoms with Gasteiger partial charge in [-0.3, -0.25) is 0 Å². The molecule has 1 aliphatic rings. The average molecular weight is 323 g/mol. The number of halogens is 2. The minimum Gasteiger partial charge on any atom is -1.00 e. The Hall–Kier alpha value is -0.100. The fourth-order valence-corrected chi connectivity index (χ4v) is 2.56. The van der Waals surface area contributed by atoms with E-state index in [4.69, 9.17) is 0 Å². The number of rotatable bonds is 1. The zero-order valence-electron chi connectivity index (χ0n) is 7.84. The first-order valence-corrected chi connectivity index (χ1v) is 5.23. The second kappa shape index (κ2) is 5.11. The fraction of sp³-hybridized carbons (Fsp3) is 0.300. The lowest BCUT2D eigenvalue weighted by molar-refractivity contribution is -0.485. The second-order valence-electron chi connectivity index (χ2n) is 3.08. The molecule has 0 radical (unpaired) electrons. The number of benzene rings is 1. The Labute approximate surface area is 104 Å². The number of nitrogens with zero attached hydrogens (tertiary/aromatic N) is 1. The highest BCUT2D eigenvalue weighted by Gasteiger charge is 2.20. The first-order chi connectivity index (χ1) is 6.27. The number of thioether (sulfide) groups is 1. The summed E-state index contributed by atoms with van der Waals surface area (Å²) < 4.78 is 14.8. The van der Waals surface area contributed by atoms with Crippen LogP contribution in [-0.4, -0.2) is 29.0 Å². The van der Waals surface area contributed by atoms with Gasteiger partial charge in [-0.1, -0.05) is 11.8 Å². The lowest BCUT2D eigenvalue weighted by Crippen LogP contribution is -3.00. The molecule has 0 bridgehead atoms. The van der Waals surface area contributed by atoms with Crippen LogP contribution in [0.3, 0.4) is 0 Å². The van der Waals surface area contributed by atoms with Gasteiger partial charge in [0.1, 0.15) is 12.9 Å². The lowest BCUT2D eigenvalue weighted by atomic mass is 10.2. The van der Waals surface area contributed by atoms with Crippen LogP contribution < -0.4 is 24.0 Å². The molecule has 1 aromatic rings. The molecule has 1 aliphatic heterocycles. The first-order valence-electron chi connectivity index (χ1n) is 4.24. The smallest absolute Gasteiger partial charge is 0.242 e. The summed E-state index contributed by atoms with van der Waals surface area (Å²) in [5.41, 5.74) is 1.12. The van der Waals surface area contributed by atoms with Gasteiger partial charge in [-0.25, -0.2) is 8.97 Å². The topological polar surface area (TPSA) is 3.01 Å². The van der Waals surface area contributed by atoms with Crippen molar-refractivity contribution in [1.82, 2.24) is 0 Å². The quantitative estimate of drug-likeness (QED) is 0.472. The van der Waals surface area contributed by atoms with E-state index in [0.717, 1.165) is 17.9 Å². The molecule has 14 heavy (non-hydrogen) atoms. The Morgan fingerprint density at radius 2 is 1.93 bits per heavy atom. The van der Waals surface area contributed by atoms with E-state index in [2.05, 4.69) is 11.6 Å². The van der Waals surface area contributed by atoms with E-state index < -0.39 is 0 Å². The zero-order valence-corrected chi connectivity index (χ0v) is 10.8. The molecule has 0 atom stereocenters. The van der Waals surface area contributed by atoms with Gasteiger partial charge in [-0.15, -0.1) is 0 Å². The van der Waals surface area contributed by atoms with Gasteiger partial charge in [0, 0.05) is 0 Å². The predicted octanol–water partition coefficient (Wildman–Crippen LogP) is -1.03. The SMILES string of the molecule is C[N+]1=C(c2ccc(F)cc2)SCC1.[I-]. The Kier molecular flexibility index (Phi) is 4.37. The van der Waals surface area contributed by atoms with E-state index >= 15 is 0 Å². The van der Waals surface area contributed by atoms with Crippen molar-refractivity contribution in [3.63, 3.8) is 0 Å². The van der Waals surface area contributed by atoms with Crippen LogP contribution in [0.5, 0.6) is 0 Å². The van der Waals surface area contributed by atoms with Gasteiger partial charge in [-0.2, -0.15) is 0 Å². The molecule has 4 heteroatoms. The highest BCUT2D eigenvalue weighted by Crippen LogP contribution is 2.18. The van der Waals surface area contributed by atoms with Gasteiger partial charge in [0.15, 0.2) is 6.54 Å².